The van der Waals surface area contributed by atoms with E-state index in [9.17, 15) is 10.2 Å². The first-order valence-corrected chi connectivity index (χ1v) is 15.1. The highest BCUT2D eigenvalue weighted by Gasteiger charge is 2.38. The van der Waals surface area contributed by atoms with Crippen molar-refractivity contribution in [2.24, 2.45) is 10.9 Å². The molecule has 2 aliphatic carbocycles. The van der Waals surface area contributed by atoms with Gasteiger partial charge in [0.15, 0.2) is 6.35 Å². The van der Waals surface area contributed by atoms with Crippen LogP contribution >= 0.6 is 0 Å². The number of hydrazine groups is 1. The Hall–Kier alpha value is -2.41. The number of aliphatic hydroxyl groups is 2. The van der Waals surface area contributed by atoms with E-state index in [-0.39, 0.29) is 0 Å². The zero-order valence-corrected chi connectivity index (χ0v) is 24.1. The summed E-state index contributed by atoms with van der Waals surface area (Å²) in [5, 5.41) is 27.5. The zero-order chi connectivity index (χ0) is 28.2. The predicted octanol–water partition coefficient (Wildman–Crippen LogP) is 1.51. The maximum atomic E-state index is 11.7. The van der Waals surface area contributed by atoms with Crippen molar-refractivity contribution in [2.75, 3.05) is 91.2 Å². The van der Waals surface area contributed by atoms with Gasteiger partial charge >= 0.3 is 0 Å². The van der Waals surface area contributed by atoms with E-state index in [0.717, 1.165) is 81.1 Å². The van der Waals surface area contributed by atoms with Crippen LogP contribution in [-0.2, 0) is 9.47 Å². The quantitative estimate of drug-likeness (QED) is 0.315. The van der Waals surface area contributed by atoms with Crippen molar-refractivity contribution in [3.63, 3.8) is 0 Å². The number of nitrogens with zero attached hydrogens (tertiary/aromatic N) is 4. The molecule has 1 aromatic carbocycles. The van der Waals surface area contributed by atoms with Gasteiger partial charge in [-0.05, 0) is 36.0 Å². The van der Waals surface area contributed by atoms with Crippen molar-refractivity contribution >= 4 is 11.4 Å². The molecule has 3 aliphatic heterocycles. The van der Waals surface area contributed by atoms with Gasteiger partial charge in [-0.1, -0.05) is 30.4 Å². The molecule has 10 nitrogen and oxygen atoms in total. The summed E-state index contributed by atoms with van der Waals surface area (Å²) in [4.78, 5) is 9.93. The molecule has 1 unspecified atom stereocenters. The SMILES string of the molecule is COCCN1CCN(C[C@H]2C=CC(C3=C4C(=NCC3)c3cccc(NC(O)NN5CCOCC5)c3[C@@H]4O)=CC2)CC1. The van der Waals surface area contributed by atoms with Crippen molar-refractivity contribution in [2.45, 2.75) is 25.3 Å². The summed E-state index contributed by atoms with van der Waals surface area (Å²) in [6, 6.07) is 5.89. The van der Waals surface area contributed by atoms with Crippen molar-refractivity contribution < 1.29 is 19.7 Å². The number of dihydropyridines is 1. The summed E-state index contributed by atoms with van der Waals surface area (Å²) in [6.45, 7) is 10.7. The molecule has 4 N–H and O–H groups in total. The van der Waals surface area contributed by atoms with Gasteiger partial charge in [0.05, 0.1) is 25.5 Å². The Kier molecular flexibility index (Phi) is 9.29. The Balaban J connectivity index is 1.12. The second-order valence-corrected chi connectivity index (χ2v) is 11.5. The maximum Gasteiger partial charge on any atom is 0.194 e. The summed E-state index contributed by atoms with van der Waals surface area (Å²) < 4.78 is 10.6. The van der Waals surface area contributed by atoms with E-state index in [4.69, 9.17) is 14.5 Å². The molecule has 0 bridgehead atoms. The number of rotatable bonds is 10. The minimum atomic E-state index is -0.987. The number of nitrogens with one attached hydrogen (secondary N) is 2. The number of aliphatic hydroxyl groups excluding tert-OH is 2. The lowest BCUT2D eigenvalue weighted by Crippen LogP contribution is -2.52. The lowest BCUT2D eigenvalue weighted by molar-refractivity contribution is -0.0247. The Bertz CT molecular complexity index is 1200. The standard InChI is InChI=1S/C31H44N6O4/c1-40-18-15-35-11-13-36(14-12-35)21-22-5-7-23(8-6-22)24-9-10-32-29-25-3-2-4-26(27(25)30(38)28(24)29)33-31(39)34-37-16-19-41-20-17-37/h2-5,7-8,22,30-31,33-34,38-39H,6,9-21H2,1H3/t22-,30-,31?/m0/s1. The van der Waals surface area contributed by atoms with Crippen molar-refractivity contribution in [1.29, 1.82) is 0 Å². The van der Waals surface area contributed by atoms with Crippen LogP contribution in [0.2, 0.25) is 0 Å². The van der Waals surface area contributed by atoms with Crippen molar-refractivity contribution in [3.05, 3.63) is 64.3 Å². The fourth-order valence-corrected chi connectivity index (χ4v) is 6.62. The van der Waals surface area contributed by atoms with Crippen LogP contribution in [0.3, 0.4) is 0 Å². The number of benzene rings is 1. The smallest absolute Gasteiger partial charge is 0.194 e. The minimum absolute atomic E-state index is 0.508. The third-order valence-corrected chi connectivity index (χ3v) is 8.83. The first kappa shape index (κ1) is 28.7. The lowest BCUT2D eigenvalue weighted by Gasteiger charge is -2.36. The first-order chi connectivity index (χ1) is 20.1. The number of anilines is 1. The van der Waals surface area contributed by atoms with E-state index < -0.39 is 12.5 Å². The monoisotopic (exact) mass is 564 g/mol. The Morgan fingerprint density at radius 2 is 1.93 bits per heavy atom. The predicted molar refractivity (Wildman–Crippen MR) is 160 cm³/mol. The van der Waals surface area contributed by atoms with Gasteiger partial charge in [0, 0.05) is 88.4 Å². The maximum absolute atomic E-state index is 11.7. The third kappa shape index (κ3) is 6.50. The topological polar surface area (TPSA) is 105 Å². The first-order valence-electron chi connectivity index (χ1n) is 15.1. The third-order valence-electron chi connectivity index (χ3n) is 8.83. The lowest BCUT2D eigenvalue weighted by atomic mass is 9.86. The second-order valence-electron chi connectivity index (χ2n) is 11.5. The molecule has 0 aromatic heterocycles. The minimum Gasteiger partial charge on any atom is -0.383 e. The molecule has 6 rings (SSSR count). The Labute approximate surface area is 243 Å². The summed E-state index contributed by atoms with van der Waals surface area (Å²) in [7, 11) is 1.77. The normalized spacial score (nSPS) is 26.4. The van der Waals surface area contributed by atoms with E-state index in [1.54, 1.807) is 7.11 Å². The van der Waals surface area contributed by atoms with Crippen LogP contribution in [0, 0.1) is 5.92 Å². The molecular formula is C31H44N6O4. The van der Waals surface area contributed by atoms with Gasteiger partial charge in [-0.3, -0.25) is 9.89 Å². The molecule has 2 saturated heterocycles. The number of ether oxygens (including phenoxy) is 2. The van der Waals surface area contributed by atoms with E-state index in [2.05, 4.69) is 38.8 Å². The van der Waals surface area contributed by atoms with Gasteiger partial charge in [-0.2, -0.15) is 0 Å². The molecule has 222 valence electrons. The summed E-state index contributed by atoms with van der Waals surface area (Å²) >= 11 is 0. The van der Waals surface area contributed by atoms with Gasteiger partial charge in [-0.15, -0.1) is 0 Å². The van der Waals surface area contributed by atoms with E-state index in [1.807, 2.05) is 23.2 Å². The molecule has 5 aliphatic rings. The average molecular weight is 565 g/mol. The Morgan fingerprint density at radius 1 is 1.12 bits per heavy atom. The molecule has 0 radical (unpaired) electrons. The number of morpholine rings is 1. The fraction of sp³-hybridized carbons (Fsp3) is 0.581. The highest BCUT2D eigenvalue weighted by molar-refractivity contribution is 6.19. The van der Waals surface area contributed by atoms with Crippen LogP contribution in [-0.4, -0.2) is 123 Å². The molecule has 3 heterocycles. The molecule has 2 fully saturated rings. The largest absolute Gasteiger partial charge is 0.383 e. The van der Waals surface area contributed by atoms with Crippen molar-refractivity contribution in [3.8, 4) is 0 Å². The van der Waals surface area contributed by atoms with E-state index in [0.29, 0.717) is 44.5 Å². The van der Waals surface area contributed by atoms with Gasteiger partial charge in [0.2, 0.25) is 0 Å². The highest BCUT2D eigenvalue weighted by atomic mass is 16.5. The highest BCUT2D eigenvalue weighted by Crippen LogP contribution is 2.46. The summed E-state index contributed by atoms with van der Waals surface area (Å²) in [5.41, 5.74) is 9.72. The number of piperazine rings is 1. The van der Waals surface area contributed by atoms with Gasteiger partial charge in [-0.25, -0.2) is 10.4 Å². The number of hydrogen-bond donors (Lipinski definition) is 4. The molecule has 0 saturated carbocycles. The average Bonchev–Trinajstić information content (AvgIpc) is 3.30. The number of methoxy groups -OCH3 is 1. The molecular weight excluding hydrogens is 520 g/mol. The fourth-order valence-electron chi connectivity index (χ4n) is 6.62. The van der Waals surface area contributed by atoms with Gasteiger partial charge < -0.3 is 29.9 Å². The van der Waals surface area contributed by atoms with Crippen LogP contribution in [0.15, 0.2) is 58.1 Å². The molecule has 1 aromatic rings. The second kappa shape index (κ2) is 13.3. The van der Waals surface area contributed by atoms with Gasteiger partial charge in [0.1, 0.15) is 6.10 Å². The van der Waals surface area contributed by atoms with Crippen LogP contribution in [0.4, 0.5) is 5.69 Å². The molecule has 0 spiro atoms. The molecule has 41 heavy (non-hydrogen) atoms. The number of aliphatic imine (C=N–C) groups is 1. The summed E-state index contributed by atoms with van der Waals surface area (Å²) in [6.07, 6.45) is 7.03. The van der Waals surface area contributed by atoms with Crippen LogP contribution in [0.25, 0.3) is 0 Å². The van der Waals surface area contributed by atoms with E-state index >= 15 is 0 Å². The number of allylic oxidation sites excluding steroid dienone is 3. The number of hydrogen-bond acceptors (Lipinski definition) is 10. The molecule has 3 atom stereocenters. The van der Waals surface area contributed by atoms with E-state index in [1.165, 1.54) is 11.1 Å². The Morgan fingerprint density at radius 3 is 2.68 bits per heavy atom. The zero-order valence-electron chi connectivity index (χ0n) is 24.1. The molecule has 10 heteroatoms. The summed E-state index contributed by atoms with van der Waals surface area (Å²) in [5.74, 6) is 0.508. The molecule has 0 amide bonds. The van der Waals surface area contributed by atoms with Crippen molar-refractivity contribution in [1.82, 2.24) is 20.2 Å². The van der Waals surface area contributed by atoms with Crippen LogP contribution < -0.4 is 10.7 Å². The number of fused-ring (bicyclic) bond motifs is 3. The van der Waals surface area contributed by atoms with Crippen LogP contribution in [0.1, 0.15) is 30.1 Å². The van der Waals surface area contributed by atoms with Gasteiger partial charge in [0.25, 0.3) is 0 Å². The van der Waals surface area contributed by atoms with Crippen LogP contribution in [0.5, 0.6) is 0 Å².